The average Bonchev–Trinajstić information content (AvgIpc) is 2.72. The quantitative estimate of drug-likeness (QED) is 0.831. The molecule has 1 aromatic heterocycles. The molecule has 0 saturated carbocycles. The smallest absolute Gasteiger partial charge is 0.238 e. The third kappa shape index (κ3) is 3.56. The van der Waals surface area contributed by atoms with Crippen molar-refractivity contribution in [2.45, 2.75) is 38.5 Å². The zero-order valence-electron chi connectivity index (χ0n) is 10.1. The molecule has 0 saturated heterocycles. The predicted molar refractivity (Wildman–Crippen MR) is 68.7 cm³/mol. The number of aromatic nitrogens is 2. The number of amides is 1. The number of aryl methyl sites for hydroxylation is 1. The van der Waals surface area contributed by atoms with Crippen LogP contribution < -0.4 is 5.32 Å². The molecule has 0 radical (unpaired) electrons. The van der Waals surface area contributed by atoms with Gasteiger partial charge in [0.2, 0.25) is 5.91 Å². The number of hydrogen-bond acceptors (Lipinski definition) is 3. The highest BCUT2D eigenvalue weighted by Crippen LogP contribution is 2.12. The first-order valence-corrected chi connectivity index (χ1v) is 6.83. The van der Waals surface area contributed by atoms with E-state index in [9.17, 15) is 4.79 Å². The Morgan fingerprint density at radius 3 is 3.06 bits per heavy atom. The Morgan fingerprint density at radius 2 is 2.44 bits per heavy atom. The number of rotatable bonds is 6. The third-order valence-electron chi connectivity index (χ3n) is 2.41. The van der Waals surface area contributed by atoms with Crippen molar-refractivity contribution in [1.29, 1.82) is 0 Å². The molecule has 0 aromatic carbocycles. The van der Waals surface area contributed by atoms with E-state index in [0.717, 1.165) is 25.2 Å². The van der Waals surface area contributed by atoms with E-state index in [1.165, 1.54) is 11.8 Å². The summed E-state index contributed by atoms with van der Waals surface area (Å²) in [5.41, 5.74) is 0. The highest BCUT2D eigenvalue weighted by atomic mass is 32.2. The van der Waals surface area contributed by atoms with Gasteiger partial charge in [-0.15, -0.1) is 0 Å². The second-order valence-corrected chi connectivity index (χ2v) is 4.84. The van der Waals surface area contributed by atoms with Gasteiger partial charge in [0.15, 0.2) is 0 Å². The average molecular weight is 241 g/mol. The second kappa shape index (κ2) is 6.58. The van der Waals surface area contributed by atoms with E-state index in [1.807, 2.05) is 23.9 Å². The fraction of sp³-hybridized carbons (Fsp3) is 0.636. The lowest BCUT2D eigenvalue weighted by atomic mass is 10.3. The van der Waals surface area contributed by atoms with E-state index >= 15 is 0 Å². The molecule has 16 heavy (non-hydrogen) atoms. The maximum absolute atomic E-state index is 11.7. The first-order valence-electron chi connectivity index (χ1n) is 5.54. The molecule has 1 rings (SSSR count). The number of nitrogens with one attached hydrogen (secondary N) is 1. The van der Waals surface area contributed by atoms with Crippen LogP contribution in [0, 0.1) is 0 Å². The number of carbonyl (C=O) groups is 1. The fourth-order valence-electron chi connectivity index (χ4n) is 1.26. The van der Waals surface area contributed by atoms with Crippen molar-refractivity contribution >= 4 is 23.5 Å². The second-order valence-electron chi connectivity index (χ2n) is 3.66. The van der Waals surface area contributed by atoms with E-state index in [2.05, 4.69) is 17.3 Å². The van der Waals surface area contributed by atoms with Crippen LogP contribution in [-0.4, -0.2) is 27.2 Å². The Kier molecular flexibility index (Phi) is 5.38. The minimum absolute atomic E-state index is 0.0328. The Balaban J connectivity index is 2.59. The molecule has 1 heterocycles. The van der Waals surface area contributed by atoms with Gasteiger partial charge in [0, 0.05) is 12.6 Å². The summed E-state index contributed by atoms with van der Waals surface area (Å²) in [6, 6.07) is 1.83. The van der Waals surface area contributed by atoms with E-state index < -0.39 is 0 Å². The van der Waals surface area contributed by atoms with Crippen LogP contribution in [0.2, 0.25) is 0 Å². The third-order valence-corrected chi connectivity index (χ3v) is 3.34. The zero-order valence-corrected chi connectivity index (χ0v) is 10.9. The molecule has 5 heteroatoms. The van der Waals surface area contributed by atoms with Crippen molar-refractivity contribution < 1.29 is 4.79 Å². The summed E-state index contributed by atoms with van der Waals surface area (Å²) in [5.74, 6) is 0.824. The van der Waals surface area contributed by atoms with Crippen LogP contribution >= 0.6 is 11.8 Å². The molecular weight excluding hydrogens is 222 g/mol. The van der Waals surface area contributed by atoms with E-state index in [4.69, 9.17) is 0 Å². The highest BCUT2D eigenvalue weighted by molar-refractivity contribution is 7.99. The Hall–Kier alpha value is -0.970. The number of carbonyl (C=O) groups excluding carboxylic acids is 1. The molecule has 1 N–H and O–H groups in total. The summed E-state index contributed by atoms with van der Waals surface area (Å²) in [4.78, 5) is 11.7. The zero-order chi connectivity index (χ0) is 12.0. The SMILES string of the molecule is CCCCn1nccc1NC(=O)C(C)SC. The summed E-state index contributed by atoms with van der Waals surface area (Å²) in [6.45, 7) is 4.89. The minimum atomic E-state index is -0.0328. The lowest BCUT2D eigenvalue weighted by Crippen LogP contribution is -2.23. The first kappa shape index (κ1) is 13.1. The maximum atomic E-state index is 11.7. The van der Waals surface area contributed by atoms with Crippen molar-refractivity contribution in [3.8, 4) is 0 Å². The minimum Gasteiger partial charge on any atom is -0.310 e. The first-order chi connectivity index (χ1) is 7.69. The van der Waals surface area contributed by atoms with Crippen molar-refractivity contribution in [1.82, 2.24) is 9.78 Å². The van der Waals surface area contributed by atoms with Crippen LogP contribution in [-0.2, 0) is 11.3 Å². The highest BCUT2D eigenvalue weighted by Gasteiger charge is 2.13. The molecule has 90 valence electrons. The molecule has 1 unspecified atom stereocenters. The normalized spacial score (nSPS) is 12.4. The van der Waals surface area contributed by atoms with Gasteiger partial charge in [-0.05, 0) is 19.6 Å². The van der Waals surface area contributed by atoms with Crippen LogP contribution in [0.3, 0.4) is 0 Å². The van der Waals surface area contributed by atoms with E-state index in [-0.39, 0.29) is 11.2 Å². The number of nitrogens with zero attached hydrogens (tertiary/aromatic N) is 2. The summed E-state index contributed by atoms with van der Waals surface area (Å²) in [5, 5.41) is 7.05. The number of hydrogen-bond donors (Lipinski definition) is 1. The van der Waals surface area contributed by atoms with Gasteiger partial charge in [-0.1, -0.05) is 13.3 Å². The Labute approximate surface area is 101 Å². The molecule has 0 aliphatic rings. The van der Waals surface area contributed by atoms with Gasteiger partial charge in [-0.25, -0.2) is 4.68 Å². The van der Waals surface area contributed by atoms with Crippen molar-refractivity contribution in [2.75, 3.05) is 11.6 Å². The Bertz CT molecular complexity index is 338. The van der Waals surface area contributed by atoms with Gasteiger partial charge in [-0.3, -0.25) is 4.79 Å². The van der Waals surface area contributed by atoms with Crippen molar-refractivity contribution in [3.63, 3.8) is 0 Å². The molecule has 4 nitrogen and oxygen atoms in total. The summed E-state index contributed by atoms with van der Waals surface area (Å²) < 4.78 is 1.84. The van der Waals surface area contributed by atoms with Gasteiger partial charge >= 0.3 is 0 Å². The maximum Gasteiger partial charge on any atom is 0.238 e. The van der Waals surface area contributed by atoms with E-state index in [1.54, 1.807) is 6.20 Å². The van der Waals surface area contributed by atoms with E-state index in [0.29, 0.717) is 0 Å². The molecule has 0 fully saturated rings. The molecule has 1 amide bonds. The number of unbranched alkanes of at least 4 members (excludes halogenated alkanes) is 1. The van der Waals surface area contributed by atoms with Crippen LogP contribution in [0.5, 0.6) is 0 Å². The number of anilines is 1. The molecular formula is C11H19N3OS. The lowest BCUT2D eigenvalue weighted by Gasteiger charge is -2.11. The lowest BCUT2D eigenvalue weighted by molar-refractivity contribution is -0.115. The predicted octanol–water partition coefficient (Wildman–Crippen LogP) is 2.37. The molecule has 1 atom stereocenters. The molecule has 0 spiro atoms. The van der Waals surface area contributed by atoms with Gasteiger partial charge in [0.05, 0.1) is 11.4 Å². The Morgan fingerprint density at radius 1 is 1.69 bits per heavy atom. The van der Waals surface area contributed by atoms with Gasteiger partial charge in [0.1, 0.15) is 5.82 Å². The summed E-state index contributed by atoms with van der Waals surface area (Å²) in [7, 11) is 0. The van der Waals surface area contributed by atoms with Crippen LogP contribution in [0.4, 0.5) is 5.82 Å². The molecule has 1 aromatic rings. The van der Waals surface area contributed by atoms with Gasteiger partial charge in [-0.2, -0.15) is 16.9 Å². The van der Waals surface area contributed by atoms with Crippen LogP contribution in [0.15, 0.2) is 12.3 Å². The molecule has 0 bridgehead atoms. The van der Waals surface area contributed by atoms with Crippen LogP contribution in [0.25, 0.3) is 0 Å². The van der Waals surface area contributed by atoms with Crippen molar-refractivity contribution in [2.24, 2.45) is 0 Å². The monoisotopic (exact) mass is 241 g/mol. The van der Waals surface area contributed by atoms with Crippen molar-refractivity contribution in [3.05, 3.63) is 12.3 Å². The van der Waals surface area contributed by atoms with Gasteiger partial charge < -0.3 is 5.32 Å². The molecule has 0 aliphatic heterocycles. The topological polar surface area (TPSA) is 46.9 Å². The standard InChI is InChI=1S/C11H19N3OS/c1-4-5-8-14-10(6-7-12-14)13-11(15)9(2)16-3/h6-7,9H,4-5,8H2,1-3H3,(H,13,15). The fourth-order valence-corrected chi connectivity index (χ4v) is 1.53. The largest absolute Gasteiger partial charge is 0.310 e. The summed E-state index contributed by atoms with van der Waals surface area (Å²) in [6.07, 6.45) is 5.84. The number of thioether (sulfide) groups is 1. The summed E-state index contributed by atoms with van der Waals surface area (Å²) >= 11 is 1.54. The van der Waals surface area contributed by atoms with Gasteiger partial charge in [0.25, 0.3) is 0 Å². The van der Waals surface area contributed by atoms with Crippen LogP contribution in [0.1, 0.15) is 26.7 Å². The molecule has 0 aliphatic carbocycles.